The van der Waals surface area contributed by atoms with E-state index >= 15 is 0 Å². The number of aromatic nitrogens is 2. The van der Waals surface area contributed by atoms with Gasteiger partial charge in [-0.15, -0.1) is 10.2 Å². The van der Waals surface area contributed by atoms with Crippen LogP contribution in [0.2, 0.25) is 0 Å². The number of hydrogen-bond donors (Lipinski definition) is 2. The molecule has 0 fully saturated rings. The van der Waals surface area contributed by atoms with E-state index in [1.54, 1.807) is 18.2 Å². The highest BCUT2D eigenvalue weighted by atomic mass is 32.2. The molecule has 0 unspecified atom stereocenters. The van der Waals surface area contributed by atoms with E-state index in [1.165, 1.54) is 23.5 Å². The first-order valence-electron chi connectivity index (χ1n) is 7.18. The van der Waals surface area contributed by atoms with Gasteiger partial charge in [0.25, 0.3) is 0 Å². The van der Waals surface area contributed by atoms with E-state index in [0.29, 0.717) is 5.13 Å². The van der Waals surface area contributed by atoms with Crippen LogP contribution in [0.4, 0.5) is 5.13 Å². The molecule has 23 heavy (non-hydrogen) atoms. The molecule has 124 valence electrons. The molecule has 1 heterocycles. The summed E-state index contributed by atoms with van der Waals surface area (Å²) in [6.07, 6.45) is 1.81. The van der Waals surface area contributed by atoms with Crippen molar-refractivity contribution in [2.45, 2.75) is 31.1 Å². The lowest BCUT2D eigenvalue weighted by Gasteiger charge is -2.06. The van der Waals surface area contributed by atoms with E-state index in [-0.39, 0.29) is 23.8 Å². The molecular formula is C14H18N4O3S2. The first-order chi connectivity index (χ1) is 11.0. The lowest BCUT2D eigenvalue weighted by Crippen LogP contribution is -2.27. The van der Waals surface area contributed by atoms with Gasteiger partial charge in [-0.2, -0.15) is 0 Å². The van der Waals surface area contributed by atoms with Gasteiger partial charge in [-0.1, -0.05) is 36.5 Å². The monoisotopic (exact) mass is 354 g/mol. The van der Waals surface area contributed by atoms with Crippen LogP contribution >= 0.6 is 11.3 Å². The standard InChI is InChI=1S/C14H18N4O3S2/c1-2-6-13-17-18-14(22-13)16-12(19)9-10-15-23(20,21)11-7-4-3-5-8-11/h3-5,7-8,15H,2,6,9-10H2,1H3,(H,16,18,19). The van der Waals surface area contributed by atoms with Gasteiger partial charge in [0.15, 0.2) is 0 Å². The van der Waals surface area contributed by atoms with Gasteiger partial charge in [0.05, 0.1) is 4.90 Å². The summed E-state index contributed by atoms with van der Waals surface area (Å²) in [5, 5.41) is 11.8. The zero-order valence-electron chi connectivity index (χ0n) is 12.7. The summed E-state index contributed by atoms with van der Waals surface area (Å²) in [4.78, 5) is 12.0. The number of rotatable bonds is 8. The van der Waals surface area contributed by atoms with Crippen molar-refractivity contribution in [2.75, 3.05) is 11.9 Å². The Balaban J connectivity index is 1.80. The van der Waals surface area contributed by atoms with Gasteiger partial charge in [0.2, 0.25) is 21.1 Å². The largest absolute Gasteiger partial charge is 0.300 e. The number of nitrogens with zero attached hydrogens (tertiary/aromatic N) is 2. The second-order valence-electron chi connectivity index (χ2n) is 4.76. The van der Waals surface area contributed by atoms with Crippen LogP contribution in [-0.2, 0) is 21.2 Å². The number of amides is 1. The molecule has 0 saturated heterocycles. The maximum atomic E-state index is 12.0. The number of sulfonamides is 1. The van der Waals surface area contributed by atoms with Crippen LogP contribution in [0, 0.1) is 0 Å². The van der Waals surface area contributed by atoms with Crippen molar-refractivity contribution in [1.82, 2.24) is 14.9 Å². The maximum Gasteiger partial charge on any atom is 0.240 e. The maximum absolute atomic E-state index is 12.0. The topological polar surface area (TPSA) is 101 Å². The van der Waals surface area contributed by atoms with E-state index in [0.717, 1.165) is 17.8 Å². The molecule has 0 bridgehead atoms. The van der Waals surface area contributed by atoms with Crippen LogP contribution in [0.3, 0.4) is 0 Å². The van der Waals surface area contributed by atoms with Crippen LogP contribution in [0.25, 0.3) is 0 Å². The van der Waals surface area contributed by atoms with E-state index in [2.05, 4.69) is 20.2 Å². The third kappa shape index (κ3) is 5.38. The van der Waals surface area contributed by atoms with E-state index < -0.39 is 10.0 Å². The first-order valence-corrected chi connectivity index (χ1v) is 9.48. The molecule has 0 aliphatic carbocycles. The lowest BCUT2D eigenvalue weighted by molar-refractivity contribution is -0.116. The Bertz CT molecular complexity index is 744. The third-order valence-electron chi connectivity index (χ3n) is 2.87. The van der Waals surface area contributed by atoms with Crippen LogP contribution < -0.4 is 10.0 Å². The molecule has 0 atom stereocenters. The summed E-state index contributed by atoms with van der Waals surface area (Å²) < 4.78 is 26.4. The van der Waals surface area contributed by atoms with Crippen LogP contribution in [0.1, 0.15) is 24.8 Å². The summed E-state index contributed by atoms with van der Waals surface area (Å²) in [7, 11) is -3.59. The number of aryl methyl sites for hydroxylation is 1. The predicted octanol–water partition coefficient (Wildman–Crippen LogP) is 1.80. The Kier molecular flexibility index (Phi) is 6.20. The normalized spacial score (nSPS) is 11.3. The quantitative estimate of drug-likeness (QED) is 0.753. The fraction of sp³-hybridized carbons (Fsp3) is 0.357. The fourth-order valence-electron chi connectivity index (χ4n) is 1.78. The predicted molar refractivity (Wildman–Crippen MR) is 88.8 cm³/mol. The summed E-state index contributed by atoms with van der Waals surface area (Å²) >= 11 is 1.33. The Morgan fingerprint density at radius 3 is 2.65 bits per heavy atom. The Labute approximate surface area is 139 Å². The molecule has 2 N–H and O–H groups in total. The second kappa shape index (κ2) is 8.14. The molecule has 2 rings (SSSR count). The Hall–Kier alpha value is -1.84. The van der Waals surface area contributed by atoms with Crippen LogP contribution in [0.15, 0.2) is 35.2 Å². The minimum absolute atomic E-state index is 0.0175. The van der Waals surface area contributed by atoms with Gasteiger partial charge in [-0.3, -0.25) is 4.79 Å². The summed E-state index contributed by atoms with van der Waals surface area (Å²) in [6, 6.07) is 8.02. The minimum atomic E-state index is -3.59. The zero-order chi connectivity index (χ0) is 16.7. The summed E-state index contributed by atoms with van der Waals surface area (Å²) in [5.74, 6) is -0.306. The fourth-order valence-corrected chi connectivity index (χ4v) is 3.69. The zero-order valence-corrected chi connectivity index (χ0v) is 14.3. The van der Waals surface area contributed by atoms with Gasteiger partial charge in [-0.05, 0) is 18.6 Å². The van der Waals surface area contributed by atoms with Gasteiger partial charge in [0.1, 0.15) is 5.01 Å². The van der Waals surface area contributed by atoms with E-state index in [9.17, 15) is 13.2 Å². The van der Waals surface area contributed by atoms with Gasteiger partial charge < -0.3 is 5.32 Å². The molecule has 1 amide bonds. The third-order valence-corrected chi connectivity index (χ3v) is 5.25. The number of carbonyl (C=O) groups is 1. The number of anilines is 1. The molecule has 1 aromatic heterocycles. The van der Waals surface area contributed by atoms with Crippen molar-refractivity contribution in [3.63, 3.8) is 0 Å². The summed E-state index contributed by atoms with van der Waals surface area (Å²) in [6.45, 7) is 2.06. The van der Waals surface area contributed by atoms with E-state index in [1.807, 2.05) is 6.92 Å². The Morgan fingerprint density at radius 1 is 1.22 bits per heavy atom. The first kappa shape index (κ1) is 17.5. The van der Waals surface area contributed by atoms with Gasteiger partial charge in [0, 0.05) is 19.4 Å². The SMILES string of the molecule is CCCc1nnc(NC(=O)CCNS(=O)(=O)c2ccccc2)s1. The van der Waals surface area contributed by atoms with Crippen LogP contribution in [0.5, 0.6) is 0 Å². The van der Waals surface area contributed by atoms with Crippen molar-refractivity contribution >= 4 is 32.4 Å². The number of carbonyl (C=O) groups excluding carboxylic acids is 1. The molecule has 7 nitrogen and oxygen atoms in total. The molecule has 1 aromatic carbocycles. The smallest absolute Gasteiger partial charge is 0.240 e. The van der Waals surface area contributed by atoms with Crippen molar-refractivity contribution in [3.8, 4) is 0 Å². The Morgan fingerprint density at radius 2 is 1.96 bits per heavy atom. The van der Waals surface area contributed by atoms with Gasteiger partial charge >= 0.3 is 0 Å². The second-order valence-corrected chi connectivity index (χ2v) is 7.59. The molecule has 0 aliphatic heterocycles. The molecule has 0 spiro atoms. The molecule has 0 aliphatic rings. The van der Waals surface area contributed by atoms with Crippen LogP contribution in [-0.4, -0.2) is 31.1 Å². The molecular weight excluding hydrogens is 336 g/mol. The molecule has 0 radical (unpaired) electrons. The van der Waals surface area contributed by atoms with Crippen molar-refractivity contribution in [3.05, 3.63) is 35.3 Å². The highest BCUT2D eigenvalue weighted by molar-refractivity contribution is 7.89. The lowest BCUT2D eigenvalue weighted by atomic mass is 10.4. The van der Waals surface area contributed by atoms with Crippen molar-refractivity contribution in [1.29, 1.82) is 0 Å². The number of benzene rings is 1. The molecule has 0 saturated carbocycles. The highest BCUT2D eigenvalue weighted by Crippen LogP contribution is 2.16. The van der Waals surface area contributed by atoms with Crippen molar-refractivity contribution < 1.29 is 13.2 Å². The average Bonchev–Trinajstić information content (AvgIpc) is 2.95. The minimum Gasteiger partial charge on any atom is -0.300 e. The summed E-state index contributed by atoms with van der Waals surface area (Å²) in [5.41, 5.74) is 0. The van der Waals surface area contributed by atoms with E-state index in [4.69, 9.17) is 0 Å². The van der Waals surface area contributed by atoms with Crippen molar-refractivity contribution in [2.24, 2.45) is 0 Å². The molecule has 9 heteroatoms. The number of hydrogen-bond acceptors (Lipinski definition) is 6. The van der Waals surface area contributed by atoms with Gasteiger partial charge in [-0.25, -0.2) is 13.1 Å². The highest BCUT2D eigenvalue weighted by Gasteiger charge is 2.14. The average molecular weight is 354 g/mol. The number of nitrogens with one attached hydrogen (secondary N) is 2. The molecule has 2 aromatic rings.